The number of amides is 1. The van der Waals surface area contributed by atoms with Crippen LogP contribution in [-0.2, 0) is 9.59 Å². The molecule has 5 nitrogen and oxygen atoms in total. The topological polar surface area (TPSA) is 60.9 Å². The fourth-order valence-electron chi connectivity index (χ4n) is 1.58. The van der Waals surface area contributed by atoms with Crippen LogP contribution in [0.5, 0.6) is 0 Å². The van der Waals surface area contributed by atoms with Crippen molar-refractivity contribution in [1.82, 2.24) is 9.80 Å². The molecule has 1 fully saturated rings. The van der Waals surface area contributed by atoms with Crippen molar-refractivity contribution in [2.24, 2.45) is 0 Å². The van der Waals surface area contributed by atoms with Crippen LogP contribution in [0, 0.1) is 0 Å². The summed E-state index contributed by atoms with van der Waals surface area (Å²) >= 11 is 0. The van der Waals surface area contributed by atoms with Gasteiger partial charge in [0.25, 0.3) is 0 Å². The summed E-state index contributed by atoms with van der Waals surface area (Å²) in [4.78, 5) is 25.3. The third-order valence-electron chi connectivity index (χ3n) is 2.66. The minimum Gasteiger partial charge on any atom is -0.480 e. The van der Waals surface area contributed by atoms with Crippen molar-refractivity contribution in [2.45, 2.75) is 19.9 Å². The second-order valence-corrected chi connectivity index (χ2v) is 3.56. The fraction of sp³-hybridized carbons (Fsp3) is 0.778. The third kappa shape index (κ3) is 2.45. The fourth-order valence-corrected chi connectivity index (χ4v) is 1.58. The van der Waals surface area contributed by atoms with Gasteiger partial charge in [0, 0.05) is 33.1 Å². The van der Waals surface area contributed by atoms with E-state index in [0.717, 1.165) is 0 Å². The lowest BCUT2D eigenvalue weighted by Crippen LogP contribution is -2.52. The molecule has 0 aromatic heterocycles. The average Bonchev–Trinajstić information content (AvgIpc) is 2.16. The van der Waals surface area contributed by atoms with Crippen molar-refractivity contribution in [3.63, 3.8) is 0 Å². The van der Waals surface area contributed by atoms with E-state index in [4.69, 9.17) is 5.11 Å². The second kappa shape index (κ2) is 4.41. The van der Waals surface area contributed by atoms with Gasteiger partial charge in [-0.15, -0.1) is 0 Å². The largest absolute Gasteiger partial charge is 0.480 e. The summed E-state index contributed by atoms with van der Waals surface area (Å²) in [5.41, 5.74) is 0. The number of nitrogens with zero attached hydrogens (tertiary/aromatic N) is 2. The van der Waals surface area contributed by atoms with Crippen molar-refractivity contribution in [3.8, 4) is 0 Å². The molecule has 1 aliphatic rings. The van der Waals surface area contributed by atoms with Crippen molar-refractivity contribution in [3.05, 3.63) is 0 Å². The molecular weight excluding hydrogens is 184 g/mol. The predicted molar refractivity (Wildman–Crippen MR) is 50.9 cm³/mol. The minimum absolute atomic E-state index is 0.0626. The Kier molecular flexibility index (Phi) is 3.46. The number of piperazine rings is 1. The molecule has 14 heavy (non-hydrogen) atoms. The number of carboxylic acid groups (broad SMARTS) is 1. The van der Waals surface area contributed by atoms with E-state index < -0.39 is 12.0 Å². The van der Waals surface area contributed by atoms with Gasteiger partial charge in [0.05, 0.1) is 0 Å². The van der Waals surface area contributed by atoms with Gasteiger partial charge in [0.15, 0.2) is 0 Å². The Bertz CT molecular complexity index is 234. The maximum absolute atomic E-state index is 11.0. The van der Waals surface area contributed by atoms with E-state index in [1.807, 2.05) is 4.90 Å². The molecule has 1 saturated heterocycles. The van der Waals surface area contributed by atoms with E-state index >= 15 is 0 Å². The molecule has 0 aromatic carbocycles. The molecule has 0 aliphatic carbocycles. The Morgan fingerprint density at radius 3 is 2.07 bits per heavy atom. The highest BCUT2D eigenvalue weighted by Crippen LogP contribution is 2.06. The second-order valence-electron chi connectivity index (χ2n) is 3.56. The van der Waals surface area contributed by atoms with Gasteiger partial charge in [0.1, 0.15) is 6.04 Å². The van der Waals surface area contributed by atoms with E-state index in [0.29, 0.717) is 26.2 Å². The van der Waals surface area contributed by atoms with Crippen LogP contribution in [0.4, 0.5) is 0 Å². The first-order valence-corrected chi connectivity index (χ1v) is 4.74. The molecule has 1 aliphatic heterocycles. The molecular formula is C9H16N2O3. The lowest BCUT2D eigenvalue weighted by molar-refractivity contribution is -0.143. The molecule has 1 rings (SSSR count). The molecule has 0 radical (unpaired) electrons. The van der Waals surface area contributed by atoms with E-state index in [9.17, 15) is 9.59 Å². The van der Waals surface area contributed by atoms with Crippen LogP contribution < -0.4 is 0 Å². The standard InChI is InChI=1S/C9H16N2O3/c1-7(9(13)14)10-3-5-11(6-4-10)8(2)12/h7H,3-6H2,1-2H3,(H,13,14)/t7-/m1/s1. The van der Waals surface area contributed by atoms with Crippen LogP contribution in [-0.4, -0.2) is 59.0 Å². The molecule has 1 N–H and O–H groups in total. The van der Waals surface area contributed by atoms with Crippen LogP contribution in [0.15, 0.2) is 0 Å². The highest BCUT2D eigenvalue weighted by Gasteiger charge is 2.25. The molecule has 0 spiro atoms. The van der Waals surface area contributed by atoms with E-state index in [-0.39, 0.29) is 5.91 Å². The van der Waals surface area contributed by atoms with Gasteiger partial charge in [-0.3, -0.25) is 14.5 Å². The molecule has 1 atom stereocenters. The van der Waals surface area contributed by atoms with Gasteiger partial charge >= 0.3 is 5.97 Å². The van der Waals surface area contributed by atoms with Crippen LogP contribution in [0.25, 0.3) is 0 Å². The van der Waals surface area contributed by atoms with Crippen molar-refractivity contribution < 1.29 is 14.7 Å². The molecule has 0 aromatic rings. The molecule has 0 saturated carbocycles. The van der Waals surface area contributed by atoms with E-state index in [1.165, 1.54) is 6.92 Å². The third-order valence-corrected chi connectivity index (χ3v) is 2.66. The maximum Gasteiger partial charge on any atom is 0.320 e. The smallest absolute Gasteiger partial charge is 0.320 e. The zero-order valence-corrected chi connectivity index (χ0v) is 8.56. The predicted octanol–water partition coefficient (Wildman–Crippen LogP) is -0.376. The Hall–Kier alpha value is -1.10. The first-order chi connectivity index (χ1) is 6.52. The summed E-state index contributed by atoms with van der Waals surface area (Å²) in [5.74, 6) is -0.742. The summed E-state index contributed by atoms with van der Waals surface area (Å²) in [5, 5.41) is 8.79. The zero-order chi connectivity index (χ0) is 10.7. The number of rotatable bonds is 2. The number of carbonyl (C=O) groups excluding carboxylic acids is 1. The molecule has 1 heterocycles. The van der Waals surface area contributed by atoms with Crippen LogP contribution in [0.2, 0.25) is 0 Å². The molecule has 0 bridgehead atoms. The number of aliphatic carboxylic acids is 1. The average molecular weight is 200 g/mol. The Labute approximate surface area is 83.3 Å². The van der Waals surface area contributed by atoms with Gasteiger partial charge in [-0.2, -0.15) is 0 Å². The SMILES string of the molecule is CC(=O)N1CCN([C@H](C)C(=O)O)CC1. The van der Waals surface area contributed by atoms with Crippen LogP contribution in [0.1, 0.15) is 13.8 Å². The summed E-state index contributed by atoms with van der Waals surface area (Å²) in [6.45, 7) is 5.77. The van der Waals surface area contributed by atoms with Crippen molar-refractivity contribution in [2.75, 3.05) is 26.2 Å². The molecule has 5 heteroatoms. The van der Waals surface area contributed by atoms with Gasteiger partial charge in [0.2, 0.25) is 5.91 Å². The number of carbonyl (C=O) groups is 2. The Morgan fingerprint density at radius 2 is 1.71 bits per heavy atom. The number of hydrogen-bond donors (Lipinski definition) is 1. The quantitative estimate of drug-likeness (QED) is 0.660. The summed E-state index contributed by atoms with van der Waals surface area (Å²) in [6, 6.07) is -0.455. The number of hydrogen-bond acceptors (Lipinski definition) is 3. The van der Waals surface area contributed by atoms with Crippen molar-refractivity contribution in [1.29, 1.82) is 0 Å². The lowest BCUT2D eigenvalue weighted by Gasteiger charge is -2.36. The van der Waals surface area contributed by atoms with Gasteiger partial charge in [-0.05, 0) is 6.92 Å². The molecule has 1 amide bonds. The molecule has 80 valence electrons. The summed E-state index contributed by atoms with van der Waals surface area (Å²) in [7, 11) is 0. The Balaban J connectivity index is 2.43. The lowest BCUT2D eigenvalue weighted by atomic mass is 10.2. The van der Waals surface area contributed by atoms with E-state index in [2.05, 4.69) is 0 Å². The van der Waals surface area contributed by atoms with Crippen LogP contribution in [0.3, 0.4) is 0 Å². The van der Waals surface area contributed by atoms with Gasteiger partial charge in [-0.1, -0.05) is 0 Å². The first kappa shape index (κ1) is 11.0. The summed E-state index contributed by atoms with van der Waals surface area (Å²) in [6.07, 6.45) is 0. The highest BCUT2D eigenvalue weighted by atomic mass is 16.4. The van der Waals surface area contributed by atoms with E-state index in [1.54, 1.807) is 11.8 Å². The Morgan fingerprint density at radius 1 is 1.21 bits per heavy atom. The van der Waals surface area contributed by atoms with Gasteiger partial charge < -0.3 is 10.0 Å². The van der Waals surface area contributed by atoms with Crippen LogP contribution >= 0.6 is 0 Å². The number of carboxylic acids is 1. The maximum atomic E-state index is 11.0. The monoisotopic (exact) mass is 200 g/mol. The normalized spacial score (nSPS) is 20.6. The minimum atomic E-state index is -0.804. The molecule has 0 unspecified atom stereocenters. The highest BCUT2D eigenvalue weighted by molar-refractivity contribution is 5.74. The summed E-state index contributed by atoms with van der Waals surface area (Å²) < 4.78 is 0. The van der Waals surface area contributed by atoms with Gasteiger partial charge in [-0.25, -0.2) is 0 Å². The van der Waals surface area contributed by atoms with Crippen molar-refractivity contribution >= 4 is 11.9 Å². The zero-order valence-electron chi connectivity index (χ0n) is 8.56. The first-order valence-electron chi connectivity index (χ1n) is 4.74.